The minimum absolute atomic E-state index is 0.864. The van der Waals surface area contributed by atoms with Crippen molar-refractivity contribution >= 4 is 155 Å². The fourth-order valence-corrected chi connectivity index (χ4v) is 19.6. The van der Waals surface area contributed by atoms with Crippen molar-refractivity contribution in [2.75, 3.05) is 10.2 Å². The van der Waals surface area contributed by atoms with Crippen LogP contribution in [0.2, 0.25) is 0 Å². The summed E-state index contributed by atoms with van der Waals surface area (Å²) in [5.41, 5.74) is 34.7. The Hall–Kier alpha value is -15.8. The maximum absolute atomic E-state index is 5.02. The van der Waals surface area contributed by atoms with Crippen LogP contribution in [-0.2, 0) is 0 Å². The van der Waals surface area contributed by atoms with Gasteiger partial charge < -0.3 is 19.4 Å². The first-order chi connectivity index (χ1) is 62.9. The topological polar surface area (TPSA) is 76.7 Å². The molecule has 0 saturated carbocycles. The highest BCUT2D eigenvalue weighted by Gasteiger charge is 2.24. The predicted molar refractivity (Wildman–Crippen MR) is 541 cm³/mol. The molecule has 0 saturated heterocycles. The number of anilines is 5. The molecule has 0 spiro atoms. The third-order valence-electron chi connectivity index (χ3n) is 24.1. The summed E-state index contributed by atoms with van der Waals surface area (Å²) in [4.78, 5) is 2.31. The normalized spacial score (nSPS) is 11.3. The SMILES string of the molecule is Brc1ccc(-c2ccc3c(c2)c2c4ccccc4ccc2n3-c2ccc(-c3ccccc3)cc2)c2nsnc12.c1ccc(-c2ccc(N(c3ccc(-c4ccccc4)cc3)c3ccc(-c4ccc5c(c4)c4c6ccccc6ccc4n5-c4ccc(-c5ccccc5)cc4)c4nsnc34)cc2)cc1.c1ccc(-c2ccc(Nc3ccc(-c4ccccc4)cc3)cc2)cc1. The number of hydrogen-bond donors (Lipinski definition) is 1. The monoisotopic (exact) mass is 1720 g/mol. The van der Waals surface area contributed by atoms with Gasteiger partial charge in [0.15, 0.2) is 0 Å². The zero-order valence-corrected chi connectivity index (χ0v) is 71.9. The van der Waals surface area contributed by atoms with Gasteiger partial charge in [-0.25, -0.2) is 0 Å². The van der Waals surface area contributed by atoms with Gasteiger partial charge in [-0.2, -0.15) is 17.5 Å². The molecule has 0 bridgehead atoms. The Morgan fingerprint density at radius 2 is 0.520 bits per heavy atom. The van der Waals surface area contributed by atoms with Crippen molar-refractivity contribution in [1.29, 1.82) is 0 Å². The molecule has 8 nitrogen and oxygen atoms in total. The van der Waals surface area contributed by atoms with E-state index in [2.05, 4.69) is 493 Å². The van der Waals surface area contributed by atoms with Crippen molar-refractivity contribution in [2.45, 2.75) is 0 Å². The Morgan fingerprint density at radius 3 is 0.898 bits per heavy atom. The van der Waals surface area contributed by atoms with Gasteiger partial charge in [0.25, 0.3) is 0 Å². The number of rotatable bonds is 15. The summed E-state index contributed by atoms with van der Waals surface area (Å²) in [6.45, 7) is 0. The molecule has 0 aliphatic heterocycles. The molecule has 0 radical (unpaired) electrons. The molecule has 0 amide bonds. The summed E-state index contributed by atoms with van der Waals surface area (Å²) in [7, 11) is 0. The lowest BCUT2D eigenvalue weighted by molar-refractivity contribution is 1.18. The van der Waals surface area contributed by atoms with E-state index in [-0.39, 0.29) is 0 Å². The fourth-order valence-electron chi connectivity index (χ4n) is 17.9. The van der Waals surface area contributed by atoms with Gasteiger partial charge in [-0.1, -0.05) is 334 Å². The van der Waals surface area contributed by atoms with E-state index in [4.69, 9.17) is 8.75 Å². The van der Waals surface area contributed by atoms with Crippen molar-refractivity contribution in [3.8, 4) is 100 Å². The number of halogens is 1. The molecule has 4 aromatic heterocycles. The van der Waals surface area contributed by atoms with Crippen LogP contribution in [0.15, 0.2) is 466 Å². The van der Waals surface area contributed by atoms with Crippen LogP contribution in [0.1, 0.15) is 0 Å². The quantitative estimate of drug-likeness (QED) is 0.110. The molecular weight excluding hydrogens is 1650 g/mol. The van der Waals surface area contributed by atoms with E-state index in [1.54, 1.807) is 0 Å². The van der Waals surface area contributed by atoms with Crippen molar-refractivity contribution in [2.24, 2.45) is 0 Å². The molecule has 0 atom stereocenters. The third kappa shape index (κ3) is 15.1. The van der Waals surface area contributed by atoms with Crippen molar-refractivity contribution in [1.82, 2.24) is 26.6 Å². The number of nitrogens with one attached hydrogen (secondary N) is 1. The first-order valence-corrected chi connectivity index (χ1v) is 44.7. The molecule has 0 aliphatic rings. The molecule has 0 fully saturated rings. The predicted octanol–water partition coefficient (Wildman–Crippen LogP) is 32.9. The van der Waals surface area contributed by atoms with Crippen LogP contribution in [0.4, 0.5) is 28.4 Å². The number of nitrogens with zero attached hydrogens (tertiary/aromatic N) is 7. The first-order valence-electron chi connectivity index (χ1n) is 42.5. The van der Waals surface area contributed by atoms with Gasteiger partial charge in [0, 0.05) is 71.3 Å². The molecule has 600 valence electrons. The summed E-state index contributed by atoms with van der Waals surface area (Å²) in [5, 5.41) is 13.3. The number of fused-ring (bicyclic) bond motifs is 12. The summed E-state index contributed by atoms with van der Waals surface area (Å²) >= 11 is 6.14. The average Bonchev–Trinajstić information content (AvgIpc) is 1.58. The fraction of sp³-hybridized carbons (Fsp3) is 0. The van der Waals surface area contributed by atoms with Crippen LogP contribution in [-0.4, -0.2) is 26.6 Å². The number of benzene rings is 20. The van der Waals surface area contributed by atoms with Crippen molar-refractivity contribution in [3.63, 3.8) is 0 Å². The Morgan fingerprint density at radius 1 is 0.228 bits per heavy atom. The van der Waals surface area contributed by atoms with Gasteiger partial charge in [-0.15, -0.1) is 0 Å². The summed E-state index contributed by atoms with van der Waals surface area (Å²) in [5.74, 6) is 0. The zero-order chi connectivity index (χ0) is 84.5. The number of aromatic nitrogens is 6. The minimum Gasteiger partial charge on any atom is -0.356 e. The molecular formula is C116H77BrN8S2. The summed E-state index contributed by atoms with van der Waals surface area (Å²) < 4.78 is 24.9. The van der Waals surface area contributed by atoms with Gasteiger partial charge in [-0.3, -0.25) is 0 Å². The van der Waals surface area contributed by atoms with E-state index in [0.717, 1.165) is 94.1 Å². The van der Waals surface area contributed by atoms with E-state index in [0.29, 0.717) is 0 Å². The van der Waals surface area contributed by atoms with Crippen molar-refractivity contribution in [3.05, 3.63) is 466 Å². The molecule has 0 unspecified atom stereocenters. The third-order valence-corrected chi connectivity index (χ3v) is 25.8. The van der Waals surface area contributed by atoms with E-state index in [1.165, 1.54) is 150 Å². The standard InChI is InChI=1S/C58H38N4S.C34H20BrN3S.C24H19N/c1-4-12-39(13-5-1)42-20-28-47(29-21-42)61(48-30-22-43(23-31-48)40-14-6-2-7-15-40)55-37-34-51(57-58(55)60-63-59-57)46-27-35-53-52(38-46)56-50-19-11-10-18-45(50)26-36-54(56)62(53)49-32-24-44(25-33-49)41-16-8-3-9-17-41;35-29-17-16-27(33-34(29)37-39-36-33)24-13-18-30-28(20-24)32-26-9-5-4-8-23(26)12-19-31(32)38(30)25-14-10-22(11-15-25)21-6-2-1-3-7-21;1-3-7-19(8-4-1)21-11-15-23(16-12-21)25-24-17-13-22(14-18-24)20-9-5-2-6-10-20/h1-38H;1-20H;1-18,25H. The van der Waals surface area contributed by atoms with Crippen LogP contribution in [0.5, 0.6) is 0 Å². The molecule has 4 heterocycles. The Bertz CT molecular complexity index is 7930. The van der Waals surface area contributed by atoms with Crippen molar-refractivity contribution < 1.29 is 0 Å². The average molecular weight is 1730 g/mol. The molecule has 24 aromatic rings. The van der Waals surface area contributed by atoms with Gasteiger partial charge in [0.2, 0.25) is 0 Å². The van der Waals surface area contributed by atoms with E-state index in [9.17, 15) is 0 Å². The summed E-state index contributed by atoms with van der Waals surface area (Å²) in [6.07, 6.45) is 0. The molecule has 127 heavy (non-hydrogen) atoms. The molecule has 1 N–H and O–H groups in total. The highest BCUT2D eigenvalue weighted by atomic mass is 79.9. The lowest BCUT2D eigenvalue weighted by Gasteiger charge is -2.26. The smallest absolute Gasteiger partial charge is 0.129 e. The Labute approximate surface area is 751 Å². The second-order valence-electron chi connectivity index (χ2n) is 31.6. The maximum atomic E-state index is 5.02. The summed E-state index contributed by atoms with van der Waals surface area (Å²) in [6, 6.07) is 164. The molecule has 0 aliphatic carbocycles. The van der Waals surface area contributed by atoms with Gasteiger partial charge >= 0.3 is 0 Å². The molecule has 24 rings (SSSR count). The second kappa shape index (κ2) is 34.2. The van der Waals surface area contributed by atoms with Gasteiger partial charge in [0.1, 0.15) is 22.1 Å². The van der Waals surface area contributed by atoms with Crippen LogP contribution in [0.25, 0.3) is 188 Å². The zero-order valence-electron chi connectivity index (χ0n) is 68.7. The van der Waals surface area contributed by atoms with Crippen LogP contribution < -0.4 is 10.2 Å². The minimum atomic E-state index is 0.864. The first kappa shape index (κ1) is 77.3. The largest absolute Gasteiger partial charge is 0.356 e. The van der Waals surface area contributed by atoms with Crippen LogP contribution in [0, 0.1) is 0 Å². The van der Waals surface area contributed by atoms with Crippen LogP contribution >= 0.6 is 39.4 Å². The number of hydrogen-bond acceptors (Lipinski definition) is 8. The van der Waals surface area contributed by atoms with E-state index < -0.39 is 0 Å². The highest BCUT2D eigenvalue weighted by Crippen LogP contribution is 2.47. The molecule has 11 heteroatoms. The maximum Gasteiger partial charge on any atom is 0.129 e. The lowest BCUT2D eigenvalue weighted by atomic mass is 9.98. The Kier molecular flexibility index (Phi) is 20.8. The Balaban J connectivity index is 0.000000126. The van der Waals surface area contributed by atoms with Crippen LogP contribution in [0.3, 0.4) is 0 Å². The van der Waals surface area contributed by atoms with E-state index >= 15 is 0 Å². The molecule has 20 aromatic carbocycles. The van der Waals surface area contributed by atoms with E-state index in [1.807, 2.05) is 12.1 Å². The second-order valence-corrected chi connectivity index (χ2v) is 33.6. The lowest BCUT2D eigenvalue weighted by Crippen LogP contribution is -2.10. The highest BCUT2D eigenvalue weighted by molar-refractivity contribution is 9.10. The van der Waals surface area contributed by atoms with Gasteiger partial charge in [0.05, 0.1) is 51.2 Å². The van der Waals surface area contributed by atoms with Gasteiger partial charge in [-0.05, 0) is 243 Å².